The SMILES string of the molecule is CCCCC/C=C\CCCCCCCC(=O)OCCCCCCCCC/C=C\CCCCCCCC(=O)NC(CO)C(O)CCCCCCCCCCCCCCCCCCCC. The molecule has 63 heavy (non-hydrogen) atoms. The maximum atomic E-state index is 12.5. The lowest BCUT2D eigenvalue weighted by Gasteiger charge is -2.22. The predicted octanol–water partition coefficient (Wildman–Crippen LogP) is 17.1. The van der Waals surface area contributed by atoms with Crippen LogP contribution in [0, 0.1) is 0 Å². The van der Waals surface area contributed by atoms with E-state index >= 15 is 0 Å². The molecule has 372 valence electrons. The third-order valence-electron chi connectivity index (χ3n) is 13.0. The maximum absolute atomic E-state index is 12.5. The molecule has 0 spiro atoms. The first kappa shape index (κ1) is 61.3. The topological polar surface area (TPSA) is 95.9 Å². The second-order valence-electron chi connectivity index (χ2n) is 19.3. The minimum atomic E-state index is -0.675. The van der Waals surface area contributed by atoms with Crippen LogP contribution in [-0.4, -0.2) is 47.4 Å². The number of hydrogen-bond acceptors (Lipinski definition) is 5. The molecule has 0 aromatic rings. The molecular formula is C57H109NO5. The van der Waals surface area contributed by atoms with Crippen molar-refractivity contribution in [3.05, 3.63) is 24.3 Å². The van der Waals surface area contributed by atoms with Crippen LogP contribution in [0.1, 0.15) is 303 Å². The molecule has 1 amide bonds. The maximum Gasteiger partial charge on any atom is 0.305 e. The highest BCUT2D eigenvalue weighted by Crippen LogP contribution is 2.17. The van der Waals surface area contributed by atoms with Crippen LogP contribution in [0.2, 0.25) is 0 Å². The molecule has 2 atom stereocenters. The fourth-order valence-corrected chi connectivity index (χ4v) is 8.63. The van der Waals surface area contributed by atoms with Crippen molar-refractivity contribution in [1.82, 2.24) is 5.32 Å². The Morgan fingerprint density at radius 1 is 0.429 bits per heavy atom. The Kier molecular flexibility index (Phi) is 51.6. The number of nitrogens with one attached hydrogen (secondary N) is 1. The summed E-state index contributed by atoms with van der Waals surface area (Å²) in [6.45, 7) is 4.91. The predicted molar refractivity (Wildman–Crippen MR) is 273 cm³/mol. The molecule has 0 aliphatic heterocycles. The van der Waals surface area contributed by atoms with E-state index in [1.807, 2.05) is 0 Å². The van der Waals surface area contributed by atoms with Gasteiger partial charge in [-0.15, -0.1) is 0 Å². The van der Waals surface area contributed by atoms with Crippen LogP contribution in [0.25, 0.3) is 0 Å². The van der Waals surface area contributed by atoms with Crippen LogP contribution < -0.4 is 5.32 Å². The number of ether oxygens (including phenoxy) is 1. The molecule has 6 heteroatoms. The molecule has 0 saturated heterocycles. The Morgan fingerprint density at radius 3 is 1.16 bits per heavy atom. The first-order valence-electron chi connectivity index (χ1n) is 28.1. The molecule has 0 heterocycles. The number of carbonyl (C=O) groups is 2. The minimum Gasteiger partial charge on any atom is -0.466 e. The van der Waals surface area contributed by atoms with Gasteiger partial charge in [-0.25, -0.2) is 0 Å². The number of amides is 1. The van der Waals surface area contributed by atoms with E-state index < -0.39 is 12.1 Å². The summed E-state index contributed by atoms with van der Waals surface area (Å²) in [5.41, 5.74) is 0. The van der Waals surface area contributed by atoms with Crippen molar-refractivity contribution in [3.8, 4) is 0 Å². The molecule has 0 aromatic heterocycles. The van der Waals surface area contributed by atoms with E-state index in [2.05, 4.69) is 43.5 Å². The number of carbonyl (C=O) groups excluding carboxylic acids is 2. The molecule has 0 aliphatic rings. The third-order valence-corrected chi connectivity index (χ3v) is 13.0. The molecule has 0 rings (SSSR count). The molecule has 0 radical (unpaired) electrons. The summed E-state index contributed by atoms with van der Waals surface area (Å²) in [7, 11) is 0. The number of aliphatic hydroxyl groups excluding tert-OH is 2. The van der Waals surface area contributed by atoms with Gasteiger partial charge in [-0.3, -0.25) is 9.59 Å². The van der Waals surface area contributed by atoms with Crippen LogP contribution in [0.4, 0.5) is 0 Å². The smallest absolute Gasteiger partial charge is 0.305 e. The van der Waals surface area contributed by atoms with Crippen molar-refractivity contribution in [2.45, 2.75) is 315 Å². The van der Waals surface area contributed by atoms with Crippen LogP contribution in [0.5, 0.6) is 0 Å². The Labute approximate surface area is 392 Å². The Bertz CT molecular complexity index is 982. The van der Waals surface area contributed by atoms with E-state index in [4.69, 9.17) is 4.74 Å². The summed E-state index contributed by atoms with van der Waals surface area (Å²) < 4.78 is 5.45. The van der Waals surface area contributed by atoms with Gasteiger partial charge in [0.2, 0.25) is 5.91 Å². The summed E-state index contributed by atoms with van der Waals surface area (Å²) in [4.78, 5) is 24.5. The first-order valence-corrected chi connectivity index (χ1v) is 28.1. The molecule has 6 nitrogen and oxygen atoms in total. The zero-order chi connectivity index (χ0) is 45.8. The van der Waals surface area contributed by atoms with E-state index in [1.165, 1.54) is 205 Å². The normalized spacial score (nSPS) is 12.8. The second-order valence-corrected chi connectivity index (χ2v) is 19.3. The van der Waals surface area contributed by atoms with Crippen LogP contribution in [0.15, 0.2) is 24.3 Å². The number of unbranched alkanes of at least 4 members (excludes halogenated alkanes) is 37. The third kappa shape index (κ3) is 49.6. The van der Waals surface area contributed by atoms with Crippen molar-refractivity contribution < 1.29 is 24.5 Å². The van der Waals surface area contributed by atoms with E-state index in [-0.39, 0.29) is 18.5 Å². The highest BCUT2D eigenvalue weighted by atomic mass is 16.5. The van der Waals surface area contributed by atoms with Gasteiger partial charge in [-0.05, 0) is 77.0 Å². The van der Waals surface area contributed by atoms with Crippen molar-refractivity contribution >= 4 is 11.9 Å². The molecule has 0 aliphatic carbocycles. The largest absolute Gasteiger partial charge is 0.466 e. The standard InChI is InChI=1S/C57H109NO5/c1-3-5-7-9-11-13-15-17-18-19-20-23-26-29-33-37-41-45-49-55(60)54(53-59)58-56(61)50-46-42-38-34-30-27-24-21-22-25-28-32-36-40-44-48-52-63-57(62)51-47-43-39-35-31-16-14-12-10-8-6-4-2/h12,14,21,24,54-55,59-60H,3-11,13,15-20,22-23,25-53H2,1-2H3,(H,58,61)/b14-12-,24-21-. The number of aliphatic hydroxyl groups is 2. The van der Waals surface area contributed by atoms with E-state index in [9.17, 15) is 19.8 Å². The molecule has 0 aromatic carbocycles. The minimum absolute atomic E-state index is 0.0127. The zero-order valence-electron chi connectivity index (χ0n) is 42.3. The molecular weight excluding hydrogens is 779 g/mol. The molecule has 3 N–H and O–H groups in total. The van der Waals surface area contributed by atoms with Crippen molar-refractivity contribution in [2.75, 3.05) is 13.2 Å². The van der Waals surface area contributed by atoms with E-state index in [0.29, 0.717) is 25.9 Å². The van der Waals surface area contributed by atoms with Gasteiger partial charge < -0.3 is 20.3 Å². The van der Waals surface area contributed by atoms with Crippen molar-refractivity contribution in [2.24, 2.45) is 0 Å². The number of esters is 1. The van der Waals surface area contributed by atoms with Gasteiger partial charge in [0.05, 0.1) is 25.4 Å². The molecule has 0 bridgehead atoms. The summed E-state index contributed by atoms with van der Waals surface area (Å²) in [5.74, 6) is -0.0632. The van der Waals surface area contributed by atoms with Crippen LogP contribution in [0.3, 0.4) is 0 Å². The van der Waals surface area contributed by atoms with E-state index in [0.717, 1.165) is 64.2 Å². The first-order chi connectivity index (χ1) is 31.0. The Morgan fingerprint density at radius 2 is 0.746 bits per heavy atom. The second kappa shape index (κ2) is 53.0. The van der Waals surface area contributed by atoms with Gasteiger partial charge in [-0.2, -0.15) is 0 Å². The fraction of sp³-hybridized carbons (Fsp3) is 0.895. The molecule has 0 saturated carbocycles. The van der Waals surface area contributed by atoms with Gasteiger partial charge in [-0.1, -0.05) is 237 Å². The van der Waals surface area contributed by atoms with Crippen molar-refractivity contribution in [1.29, 1.82) is 0 Å². The lowest BCUT2D eigenvalue weighted by molar-refractivity contribution is -0.143. The Balaban J connectivity index is 3.48. The highest BCUT2D eigenvalue weighted by Gasteiger charge is 2.20. The van der Waals surface area contributed by atoms with Gasteiger partial charge >= 0.3 is 5.97 Å². The molecule has 0 fully saturated rings. The summed E-state index contributed by atoms with van der Waals surface area (Å²) in [6, 6.07) is -0.554. The zero-order valence-corrected chi connectivity index (χ0v) is 42.3. The summed E-state index contributed by atoms with van der Waals surface area (Å²) >= 11 is 0. The average Bonchev–Trinajstić information content (AvgIpc) is 3.28. The number of allylic oxidation sites excluding steroid dienone is 4. The van der Waals surface area contributed by atoms with Gasteiger partial charge in [0.1, 0.15) is 0 Å². The number of hydrogen-bond donors (Lipinski definition) is 3. The lowest BCUT2D eigenvalue weighted by atomic mass is 10.0. The lowest BCUT2D eigenvalue weighted by Crippen LogP contribution is -2.45. The number of rotatable bonds is 52. The quantitative estimate of drug-likeness (QED) is 0.0321. The van der Waals surface area contributed by atoms with Gasteiger partial charge in [0.15, 0.2) is 0 Å². The van der Waals surface area contributed by atoms with Crippen molar-refractivity contribution in [3.63, 3.8) is 0 Å². The fourth-order valence-electron chi connectivity index (χ4n) is 8.63. The Hall–Kier alpha value is -1.66. The van der Waals surface area contributed by atoms with Crippen LogP contribution in [-0.2, 0) is 14.3 Å². The summed E-state index contributed by atoms with van der Waals surface area (Å²) in [5, 5.41) is 23.3. The van der Waals surface area contributed by atoms with E-state index in [1.54, 1.807) is 0 Å². The summed E-state index contributed by atoms with van der Waals surface area (Å²) in [6.07, 6.45) is 63.0. The monoisotopic (exact) mass is 888 g/mol. The molecule has 2 unspecified atom stereocenters. The average molecular weight is 889 g/mol. The highest BCUT2D eigenvalue weighted by molar-refractivity contribution is 5.76. The van der Waals surface area contributed by atoms with Crippen LogP contribution >= 0.6 is 0 Å². The van der Waals surface area contributed by atoms with Gasteiger partial charge in [0, 0.05) is 12.8 Å². The van der Waals surface area contributed by atoms with Gasteiger partial charge in [0.25, 0.3) is 0 Å².